The predicted molar refractivity (Wildman–Crippen MR) is 70.9 cm³/mol. The first-order valence-electron chi connectivity index (χ1n) is 6.04. The zero-order valence-electron chi connectivity index (χ0n) is 11.7. The highest BCUT2D eigenvalue weighted by Gasteiger charge is 2.36. The van der Waals surface area contributed by atoms with Crippen molar-refractivity contribution in [3.8, 4) is 0 Å². The number of hydrogen-bond acceptors (Lipinski definition) is 4. The average molecular weight is 262 g/mol. The fourth-order valence-electron chi connectivity index (χ4n) is 0.924. The summed E-state index contributed by atoms with van der Waals surface area (Å²) in [5.74, 6) is 0. The lowest BCUT2D eigenvalue weighted by Gasteiger charge is -2.36. The van der Waals surface area contributed by atoms with E-state index >= 15 is 0 Å². The fourth-order valence-corrected chi connectivity index (χ4v) is 1.95. The highest BCUT2D eigenvalue weighted by atomic mass is 28.4. The van der Waals surface area contributed by atoms with Gasteiger partial charge >= 0.3 is 0 Å². The van der Waals surface area contributed by atoms with Crippen molar-refractivity contribution in [3.63, 3.8) is 0 Å². The summed E-state index contributed by atoms with van der Waals surface area (Å²) in [4.78, 5) is 9.96. The van der Waals surface area contributed by atoms with Gasteiger partial charge in [-0.2, -0.15) is 0 Å². The maximum absolute atomic E-state index is 9.96. The second-order valence-electron chi connectivity index (χ2n) is 5.46. The molecule has 0 aromatic carbocycles. The van der Waals surface area contributed by atoms with Crippen LogP contribution in [0.25, 0.3) is 0 Å². The van der Waals surface area contributed by atoms with E-state index in [1.807, 2.05) is 0 Å². The van der Waals surface area contributed by atoms with E-state index in [1.165, 1.54) is 0 Å². The van der Waals surface area contributed by atoms with E-state index in [9.17, 15) is 4.79 Å². The van der Waals surface area contributed by atoms with E-state index in [-0.39, 0.29) is 11.6 Å². The molecule has 0 radical (unpaired) electrons. The molecule has 0 unspecified atom stereocenters. The molecule has 0 rings (SSSR count). The first kappa shape index (κ1) is 16.8. The van der Waals surface area contributed by atoms with E-state index < -0.39 is 8.32 Å². The third-order valence-corrected chi connectivity index (χ3v) is 7.59. The van der Waals surface area contributed by atoms with Crippen LogP contribution in [0.2, 0.25) is 18.1 Å². The fraction of sp³-hybridized carbons (Fsp3) is 0.917. The van der Waals surface area contributed by atoms with E-state index in [4.69, 9.17) is 13.9 Å². The molecule has 0 aromatic heterocycles. The molecule has 0 aliphatic carbocycles. The number of rotatable bonds is 9. The van der Waals surface area contributed by atoms with Gasteiger partial charge in [0, 0.05) is 0 Å². The van der Waals surface area contributed by atoms with Crippen LogP contribution in [0, 0.1) is 0 Å². The Kier molecular flexibility index (Phi) is 7.86. The second-order valence-corrected chi connectivity index (χ2v) is 10.3. The summed E-state index contributed by atoms with van der Waals surface area (Å²) in [7, 11) is -1.64. The highest BCUT2D eigenvalue weighted by Crippen LogP contribution is 2.36. The summed E-state index contributed by atoms with van der Waals surface area (Å²) in [5, 5.41) is 0.236. The lowest BCUT2D eigenvalue weighted by atomic mass is 10.2. The van der Waals surface area contributed by atoms with Gasteiger partial charge in [-0.1, -0.05) is 20.8 Å². The maximum atomic E-state index is 9.96. The van der Waals surface area contributed by atoms with Crippen LogP contribution < -0.4 is 0 Å². The molecule has 0 spiro atoms. The van der Waals surface area contributed by atoms with Crippen molar-refractivity contribution >= 4 is 14.6 Å². The molecule has 4 nitrogen and oxygen atoms in total. The molecule has 17 heavy (non-hydrogen) atoms. The molecule has 0 fully saturated rings. The summed E-state index contributed by atoms with van der Waals surface area (Å²) in [6.07, 6.45) is 0.737. The minimum atomic E-state index is -1.64. The first-order chi connectivity index (χ1) is 7.81. The largest absolute Gasteiger partial charge is 0.414 e. The third-order valence-electron chi connectivity index (χ3n) is 3.05. The van der Waals surface area contributed by atoms with Crippen molar-refractivity contribution in [3.05, 3.63) is 0 Å². The molecule has 0 bridgehead atoms. The molecule has 0 aliphatic heterocycles. The lowest BCUT2D eigenvalue weighted by Crippen LogP contribution is -2.41. The Morgan fingerprint density at radius 3 is 2.06 bits per heavy atom. The van der Waals surface area contributed by atoms with Gasteiger partial charge in [0.15, 0.2) is 8.32 Å². The highest BCUT2D eigenvalue weighted by molar-refractivity contribution is 6.74. The zero-order valence-corrected chi connectivity index (χ0v) is 12.7. The molecule has 0 heterocycles. The Bertz CT molecular complexity index is 211. The number of hydrogen-bond donors (Lipinski definition) is 0. The van der Waals surface area contributed by atoms with Crippen molar-refractivity contribution in [2.24, 2.45) is 0 Å². The molecule has 0 saturated heterocycles. The second kappa shape index (κ2) is 7.97. The Morgan fingerprint density at radius 1 is 1.00 bits per heavy atom. The average Bonchev–Trinajstić information content (AvgIpc) is 2.20. The Labute approximate surface area is 106 Å². The van der Waals surface area contributed by atoms with Crippen LogP contribution in [0.4, 0.5) is 0 Å². The third kappa shape index (κ3) is 7.65. The van der Waals surface area contributed by atoms with Crippen LogP contribution in [0.5, 0.6) is 0 Å². The molecule has 0 saturated carbocycles. The van der Waals surface area contributed by atoms with Crippen LogP contribution >= 0.6 is 0 Å². The molecular weight excluding hydrogens is 236 g/mol. The van der Waals surface area contributed by atoms with E-state index in [0.29, 0.717) is 26.4 Å². The quantitative estimate of drug-likeness (QED) is 0.363. The normalized spacial score (nSPS) is 12.8. The topological polar surface area (TPSA) is 44.8 Å². The van der Waals surface area contributed by atoms with Gasteiger partial charge in [-0.15, -0.1) is 0 Å². The van der Waals surface area contributed by atoms with Gasteiger partial charge < -0.3 is 18.7 Å². The lowest BCUT2D eigenvalue weighted by molar-refractivity contribution is -0.112. The molecular formula is C12H26O4Si. The van der Waals surface area contributed by atoms with Gasteiger partial charge in [-0.05, 0) is 18.1 Å². The molecule has 5 heteroatoms. The summed E-state index contributed by atoms with van der Waals surface area (Å²) < 4.78 is 16.2. The standard InChI is InChI=1S/C12H26O4Si/c1-12(2,3)17(4,5)16-11-10-15-9-8-14-7-6-13/h6H,7-11H2,1-5H3. The van der Waals surface area contributed by atoms with Crippen LogP contribution in [-0.4, -0.2) is 47.6 Å². The van der Waals surface area contributed by atoms with Gasteiger partial charge in [0.25, 0.3) is 0 Å². The van der Waals surface area contributed by atoms with Crippen LogP contribution in [0.3, 0.4) is 0 Å². The van der Waals surface area contributed by atoms with Crippen molar-refractivity contribution in [2.75, 3.05) is 33.0 Å². The monoisotopic (exact) mass is 262 g/mol. The summed E-state index contributed by atoms with van der Waals surface area (Å²) in [6.45, 7) is 13.4. The van der Waals surface area contributed by atoms with Gasteiger partial charge in [-0.25, -0.2) is 0 Å². The van der Waals surface area contributed by atoms with Crippen LogP contribution in [0.15, 0.2) is 0 Å². The predicted octanol–water partition coefficient (Wildman–Crippen LogP) is 2.24. The number of ether oxygens (including phenoxy) is 2. The first-order valence-corrected chi connectivity index (χ1v) is 8.95. The molecule has 0 aromatic rings. The number of carbonyl (C=O) groups excluding carboxylic acids is 1. The minimum absolute atomic E-state index is 0.143. The summed E-state index contributed by atoms with van der Waals surface area (Å²) in [6, 6.07) is 0. The van der Waals surface area contributed by atoms with Gasteiger partial charge in [0.2, 0.25) is 0 Å². The summed E-state index contributed by atoms with van der Waals surface area (Å²) in [5.41, 5.74) is 0. The van der Waals surface area contributed by atoms with E-state index in [1.54, 1.807) is 0 Å². The van der Waals surface area contributed by atoms with Gasteiger partial charge in [0.1, 0.15) is 12.9 Å². The van der Waals surface area contributed by atoms with Gasteiger partial charge in [0.05, 0.1) is 26.4 Å². The molecule has 102 valence electrons. The molecule has 0 atom stereocenters. The minimum Gasteiger partial charge on any atom is -0.414 e. The number of carbonyl (C=O) groups is 1. The van der Waals surface area contributed by atoms with E-state index in [2.05, 4.69) is 33.9 Å². The van der Waals surface area contributed by atoms with Crippen LogP contribution in [-0.2, 0) is 18.7 Å². The van der Waals surface area contributed by atoms with Crippen molar-refractivity contribution < 1.29 is 18.7 Å². The SMILES string of the molecule is CC(C)(C)[Si](C)(C)OCCOCCOCC=O. The van der Waals surface area contributed by atoms with Crippen molar-refractivity contribution in [2.45, 2.75) is 38.9 Å². The van der Waals surface area contributed by atoms with Crippen molar-refractivity contribution in [1.29, 1.82) is 0 Å². The maximum Gasteiger partial charge on any atom is 0.192 e. The van der Waals surface area contributed by atoms with Gasteiger partial charge in [-0.3, -0.25) is 0 Å². The van der Waals surface area contributed by atoms with Crippen molar-refractivity contribution in [1.82, 2.24) is 0 Å². The molecule has 0 amide bonds. The smallest absolute Gasteiger partial charge is 0.192 e. The van der Waals surface area contributed by atoms with Crippen LogP contribution in [0.1, 0.15) is 20.8 Å². The molecule has 0 N–H and O–H groups in total. The summed E-state index contributed by atoms with van der Waals surface area (Å²) >= 11 is 0. The Morgan fingerprint density at radius 2 is 1.53 bits per heavy atom. The Balaban J connectivity index is 3.48. The van der Waals surface area contributed by atoms with E-state index in [0.717, 1.165) is 6.29 Å². The molecule has 0 aliphatic rings. The zero-order chi connectivity index (χ0) is 13.4. The number of aldehydes is 1. The Hall–Kier alpha value is -0.233.